The number of rotatable bonds is 5. The van der Waals surface area contributed by atoms with E-state index in [1.165, 1.54) is 12.2 Å². The first-order valence-electron chi connectivity index (χ1n) is 6.25. The molecule has 0 saturated carbocycles. The van der Waals surface area contributed by atoms with Crippen LogP contribution in [0.3, 0.4) is 0 Å². The van der Waals surface area contributed by atoms with Crippen LogP contribution in [-0.4, -0.2) is 48.5 Å². The molecule has 4 heteroatoms. The van der Waals surface area contributed by atoms with Crippen LogP contribution in [0.4, 0.5) is 0 Å². The Hall–Kier alpha value is -0.220. The van der Waals surface area contributed by atoms with Crippen molar-refractivity contribution in [3.63, 3.8) is 0 Å². The van der Waals surface area contributed by atoms with Gasteiger partial charge in [0.2, 0.25) is 0 Å². The SMILES string of the molecule is CCN(C)CCN=C1NC(C(C)C)CCS1. The van der Waals surface area contributed by atoms with Gasteiger partial charge in [-0.05, 0) is 25.9 Å². The largest absolute Gasteiger partial charge is 0.362 e. The lowest BCUT2D eigenvalue weighted by molar-refractivity contribution is 0.363. The first-order chi connectivity index (χ1) is 7.63. The Bertz CT molecular complexity index is 228. The molecule has 0 aliphatic carbocycles. The number of amidine groups is 1. The van der Waals surface area contributed by atoms with E-state index in [-0.39, 0.29) is 0 Å². The van der Waals surface area contributed by atoms with Crippen molar-refractivity contribution in [1.82, 2.24) is 10.2 Å². The highest BCUT2D eigenvalue weighted by molar-refractivity contribution is 8.13. The molecule has 1 aliphatic rings. The van der Waals surface area contributed by atoms with Gasteiger partial charge in [0.25, 0.3) is 0 Å². The Morgan fingerprint density at radius 3 is 2.94 bits per heavy atom. The van der Waals surface area contributed by atoms with Crippen LogP contribution >= 0.6 is 11.8 Å². The van der Waals surface area contributed by atoms with Gasteiger partial charge in [-0.3, -0.25) is 4.99 Å². The van der Waals surface area contributed by atoms with Gasteiger partial charge >= 0.3 is 0 Å². The minimum atomic E-state index is 0.615. The van der Waals surface area contributed by atoms with Crippen LogP contribution < -0.4 is 5.32 Å². The second-order valence-electron chi connectivity index (χ2n) is 4.71. The second kappa shape index (κ2) is 7.17. The average Bonchev–Trinajstić information content (AvgIpc) is 2.29. The van der Waals surface area contributed by atoms with Gasteiger partial charge in [0.1, 0.15) is 0 Å². The van der Waals surface area contributed by atoms with Gasteiger partial charge in [-0.15, -0.1) is 0 Å². The van der Waals surface area contributed by atoms with E-state index in [9.17, 15) is 0 Å². The van der Waals surface area contributed by atoms with Gasteiger partial charge in [-0.1, -0.05) is 32.5 Å². The highest BCUT2D eigenvalue weighted by Gasteiger charge is 2.19. The summed E-state index contributed by atoms with van der Waals surface area (Å²) in [4.78, 5) is 6.92. The predicted octanol–water partition coefficient (Wildman–Crippen LogP) is 2.05. The minimum absolute atomic E-state index is 0.615. The molecule has 0 radical (unpaired) electrons. The van der Waals surface area contributed by atoms with Crippen molar-refractivity contribution in [3.8, 4) is 0 Å². The zero-order valence-corrected chi connectivity index (χ0v) is 11.8. The maximum absolute atomic E-state index is 4.63. The molecule has 1 aliphatic heterocycles. The van der Waals surface area contributed by atoms with E-state index >= 15 is 0 Å². The summed E-state index contributed by atoms with van der Waals surface area (Å²) in [5.41, 5.74) is 0. The van der Waals surface area contributed by atoms with Gasteiger partial charge < -0.3 is 10.2 Å². The fraction of sp³-hybridized carbons (Fsp3) is 0.917. The molecule has 1 N–H and O–H groups in total. The van der Waals surface area contributed by atoms with E-state index in [4.69, 9.17) is 0 Å². The molecule has 1 saturated heterocycles. The van der Waals surface area contributed by atoms with E-state index in [0.717, 1.165) is 24.8 Å². The monoisotopic (exact) mass is 243 g/mol. The van der Waals surface area contributed by atoms with Crippen LogP contribution in [0.15, 0.2) is 4.99 Å². The summed E-state index contributed by atoms with van der Waals surface area (Å²) in [6.45, 7) is 9.78. The molecule has 16 heavy (non-hydrogen) atoms. The summed E-state index contributed by atoms with van der Waals surface area (Å²) in [7, 11) is 2.14. The molecule has 0 aromatic carbocycles. The van der Waals surface area contributed by atoms with E-state index in [1.807, 2.05) is 11.8 Å². The third kappa shape index (κ3) is 4.74. The fourth-order valence-corrected chi connectivity index (χ4v) is 2.61. The van der Waals surface area contributed by atoms with Gasteiger partial charge in [0, 0.05) is 18.3 Å². The van der Waals surface area contributed by atoms with Crippen molar-refractivity contribution in [2.75, 3.05) is 32.4 Å². The highest BCUT2D eigenvalue weighted by atomic mass is 32.2. The lowest BCUT2D eigenvalue weighted by Gasteiger charge is -2.28. The van der Waals surface area contributed by atoms with Crippen molar-refractivity contribution < 1.29 is 0 Å². The summed E-state index contributed by atoms with van der Waals surface area (Å²) in [6.07, 6.45) is 1.26. The Labute approximate surface area is 104 Å². The molecule has 1 fully saturated rings. The van der Waals surface area contributed by atoms with Crippen molar-refractivity contribution >= 4 is 16.9 Å². The number of hydrogen-bond donors (Lipinski definition) is 1. The molecule has 0 bridgehead atoms. The number of nitrogens with zero attached hydrogens (tertiary/aromatic N) is 2. The fourth-order valence-electron chi connectivity index (χ4n) is 1.63. The number of hydrogen-bond acceptors (Lipinski definition) is 3. The van der Waals surface area contributed by atoms with Crippen molar-refractivity contribution in [2.45, 2.75) is 33.2 Å². The first kappa shape index (κ1) is 13.8. The summed E-state index contributed by atoms with van der Waals surface area (Å²) < 4.78 is 0. The van der Waals surface area contributed by atoms with Crippen molar-refractivity contribution in [3.05, 3.63) is 0 Å². The lowest BCUT2D eigenvalue weighted by atomic mass is 10.0. The van der Waals surface area contributed by atoms with E-state index in [1.54, 1.807) is 0 Å². The molecule has 0 aromatic heterocycles. The second-order valence-corrected chi connectivity index (χ2v) is 5.80. The zero-order chi connectivity index (χ0) is 12.0. The third-order valence-electron chi connectivity index (χ3n) is 3.06. The van der Waals surface area contributed by atoms with Crippen LogP contribution in [0, 0.1) is 5.92 Å². The molecule has 1 heterocycles. The molecule has 0 spiro atoms. The zero-order valence-electron chi connectivity index (χ0n) is 11.0. The summed E-state index contributed by atoms with van der Waals surface area (Å²) in [5.74, 6) is 1.91. The van der Waals surface area contributed by atoms with Crippen LogP contribution in [0.25, 0.3) is 0 Å². The maximum atomic E-state index is 4.63. The molecular weight excluding hydrogens is 218 g/mol. The number of thioether (sulfide) groups is 1. The Balaban J connectivity index is 2.32. The normalized spacial score (nSPS) is 24.1. The minimum Gasteiger partial charge on any atom is -0.362 e. The summed E-state index contributed by atoms with van der Waals surface area (Å²) >= 11 is 1.86. The lowest BCUT2D eigenvalue weighted by Crippen LogP contribution is -2.41. The molecular formula is C12H25N3S. The van der Waals surface area contributed by atoms with Crippen molar-refractivity contribution in [2.24, 2.45) is 10.9 Å². The number of nitrogens with one attached hydrogen (secondary N) is 1. The Morgan fingerprint density at radius 1 is 1.56 bits per heavy atom. The van der Waals surface area contributed by atoms with E-state index in [0.29, 0.717) is 12.0 Å². The molecule has 94 valence electrons. The van der Waals surface area contributed by atoms with E-state index < -0.39 is 0 Å². The maximum Gasteiger partial charge on any atom is 0.156 e. The predicted molar refractivity (Wildman–Crippen MR) is 74.3 cm³/mol. The molecule has 0 aromatic rings. The van der Waals surface area contributed by atoms with E-state index in [2.05, 4.69) is 43.0 Å². The molecule has 1 rings (SSSR count). The summed E-state index contributed by atoms with van der Waals surface area (Å²) in [5, 5.41) is 4.69. The van der Waals surface area contributed by atoms with Gasteiger partial charge in [0.05, 0.1) is 6.54 Å². The quantitative estimate of drug-likeness (QED) is 0.801. The molecule has 1 atom stereocenters. The highest BCUT2D eigenvalue weighted by Crippen LogP contribution is 2.18. The van der Waals surface area contributed by atoms with Crippen LogP contribution in [0.5, 0.6) is 0 Å². The number of likely N-dealkylation sites (N-methyl/N-ethyl adjacent to an activating group) is 1. The van der Waals surface area contributed by atoms with Crippen LogP contribution in [-0.2, 0) is 0 Å². The Kier molecular flexibility index (Phi) is 6.21. The third-order valence-corrected chi connectivity index (χ3v) is 4.02. The average molecular weight is 243 g/mol. The molecule has 3 nitrogen and oxygen atoms in total. The molecule has 0 amide bonds. The standard InChI is InChI=1S/C12H25N3S/c1-5-15(4)8-7-13-12-14-11(10(2)3)6-9-16-12/h10-11H,5-9H2,1-4H3,(H,13,14). The van der Waals surface area contributed by atoms with Crippen molar-refractivity contribution in [1.29, 1.82) is 0 Å². The summed E-state index contributed by atoms with van der Waals surface area (Å²) in [6, 6.07) is 0.615. The topological polar surface area (TPSA) is 27.6 Å². The van der Waals surface area contributed by atoms with Crippen LogP contribution in [0.1, 0.15) is 27.2 Å². The number of aliphatic imine (C=N–C) groups is 1. The van der Waals surface area contributed by atoms with Gasteiger partial charge in [0.15, 0.2) is 5.17 Å². The van der Waals surface area contributed by atoms with Crippen LogP contribution in [0.2, 0.25) is 0 Å². The first-order valence-corrected chi connectivity index (χ1v) is 7.24. The Morgan fingerprint density at radius 2 is 2.31 bits per heavy atom. The van der Waals surface area contributed by atoms with Gasteiger partial charge in [-0.2, -0.15) is 0 Å². The van der Waals surface area contributed by atoms with Gasteiger partial charge in [-0.25, -0.2) is 0 Å². The molecule has 1 unspecified atom stereocenters. The smallest absolute Gasteiger partial charge is 0.156 e.